The molecule has 0 aliphatic heterocycles. The van der Waals surface area contributed by atoms with Gasteiger partial charge in [0, 0.05) is 36.4 Å². The summed E-state index contributed by atoms with van der Waals surface area (Å²) < 4.78 is 68.4. The second kappa shape index (κ2) is 9.47. The van der Waals surface area contributed by atoms with Crippen LogP contribution in [0.2, 0.25) is 0 Å². The maximum atomic E-state index is 13.9. The molecule has 2 saturated carbocycles. The number of nitrogens with zero attached hydrogens (tertiary/aromatic N) is 2. The molecule has 7 nitrogen and oxygen atoms in total. The fourth-order valence-corrected chi connectivity index (χ4v) is 5.09. The van der Waals surface area contributed by atoms with E-state index in [-0.39, 0.29) is 40.6 Å². The van der Waals surface area contributed by atoms with Gasteiger partial charge in [0.15, 0.2) is 5.43 Å². The number of fused-ring (bicyclic) bond motifs is 2. The van der Waals surface area contributed by atoms with Gasteiger partial charge in [-0.1, -0.05) is 6.07 Å². The van der Waals surface area contributed by atoms with Gasteiger partial charge in [-0.2, -0.15) is 13.2 Å². The van der Waals surface area contributed by atoms with E-state index in [1.165, 1.54) is 31.5 Å². The highest BCUT2D eigenvalue weighted by molar-refractivity contribution is 6.03. The van der Waals surface area contributed by atoms with Gasteiger partial charge in [-0.05, 0) is 43.2 Å². The number of hydrogen-bond donors (Lipinski definition) is 2. The quantitative estimate of drug-likeness (QED) is 0.498. The van der Waals surface area contributed by atoms with Crippen molar-refractivity contribution >= 4 is 16.8 Å². The van der Waals surface area contributed by atoms with Crippen molar-refractivity contribution in [2.24, 2.45) is 17.6 Å². The number of halogens is 5. The molecule has 3 unspecified atom stereocenters. The Labute approximate surface area is 201 Å². The van der Waals surface area contributed by atoms with E-state index in [2.05, 4.69) is 19.7 Å². The molecule has 0 spiro atoms. The summed E-state index contributed by atoms with van der Waals surface area (Å²) in [5, 5.41) is 0.150. The van der Waals surface area contributed by atoms with Crippen LogP contribution in [0.4, 0.5) is 22.0 Å². The van der Waals surface area contributed by atoms with E-state index >= 15 is 0 Å². The molecule has 1 amide bonds. The molecule has 2 aliphatic carbocycles. The molecule has 12 heteroatoms. The summed E-state index contributed by atoms with van der Waals surface area (Å²) >= 11 is 0. The van der Waals surface area contributed by atoms with Crippen LogP contribution in [0.5, 0.6) is 5.88 Å². The first-order chi connectivity index (χ1) is 16.9. The van der Waals surface area contributed by atoms with Crippen molar-refractivity contribution in [3.05, 3.63) is 63.8 Å². The van der Waals surface area contributed by atoms with Gasteiger partial charge in [0.25, 0.3) is 11.8 Å². The van der Waals surface area contributed by atoms with Gasteiger partial charge in [0.2, 0.25) is 5.88 Å². The summed E-state index contributed by atoms with van der Waals surface area (Å²) in [6, 6.07) is 6.49. The number of primary amides is 1. The van der Waals surface area contributed by atoms with Crippen molar-refractivity contribution in [3.8, 4) is 5.88 Å². The Balaban J connectivity index is 0.000000214. The molecule has 0 aromatic carbocycles. The third-order valence-corrected chi connectivity index (χ3v) is 6.74. The van der Waals surface area contributed by atoms with Crippen molar-refractivity contribution in [2.45, 2.75) is 43.7 Å². The minimum absolute atomic E-state index is 0.0165. The zero-order chi connectivity index (χ0) is 26.3. The number of alkyl halides is 5. The lowest BCUT2D eigenvalue weighted by atomic mass is 9.97. The van der Waals surface area contributed by atoms with E-state index < -0.39 is 29.6 Å². The highest BCUT2D eigenvalue weighted by Crippen LogP contribution is 2.56. The van der Waals surface area contributed by atoms with Crippen LogP contribution in [-0.2, 0) is 6.18 Å². The van der Waals surface area contributed by atoms with Gasteiger partial charge in [-0.3, -0.25) is 14.6 Å². The number of aromatic nitrogens is 3. The minimum Gasteiger partial charge on any atom is -0.481 e. The predicted molar refractivity (Wildman–Crippen MR) is 120 cm³/mol. The van der Waals surface area contributed by atoms with Crippen molar-refractivity contribution < 1.29 is 31.5 Å². The molecule has 3 N–H and O–H groups in total. The summed E-state index contributed by atoms with van der Waals surface area (Å²) in [5.74, 6) is -4.07. The number of hydrogen-bond acceptors (Lipinski definition) is 5. The SMILES string of the molecule is COc1cccc(C(F)(F)F)n1.NC(=O)c1nccc2[nH]c(C3CC4CCC(F)(F)C4C3)cc(=O)c12. The topological polar surface area (TPSA) is 111 Å². The van der Waals surface area contributed by atoms with Gasteiger partial charge < -0.3 is 15.5 Å². The molecule has 0 bridgehead atoms. The van der Waals surface area contributed by atoms with E-state index in [4.69, 9.17) is 5.73 Å². The molecule has 192 valence electrons. The lowest BCUT2D eigenvalue weighted by Crippen LogP contribution is -2.22. The van der Waals surface area contributed by atoms with E-state index in [0.717, 1.165) is 6.07 Å². The molecule has 36 heavy (non-hydrogen) atoms. The number of nitrogens with two attached hydrogens (primary N) is 1. The third-order valence-electron chi connectivity index (χ3n) is 6.74. The molecule has 3 atom stereocenters. The summed E-state index contributed by atoms with van der Waals surface area (Å²) in [6.07, 6.45) is -1.45. The lowest BCUT2D eigenvalue weighted by Gasteiger charge is -2.18. The monoisotopic (exact) mass is 510 g/mol. The van der Waals surface area contributed by atoms with Crippen LogP contribution in [0.15, 0.2) is 41.3 Å². The number of amides is 1. The van der Waals surface area contributed by atoms with Gasteiger partial charge >= 0.3 is 6.18 Å². The largest absolute Gasteiger partial charge is 0.481 e. The van der Waals surface area contributed by atoms with Gasteiger partial charge in [-0.25, -0.2) is 13.8 Å². The van der Waals surface area contributed by atoms with Crippen LogP contribution in [-0.4, -0.2) is 33.9 Å². The van der Waals surface area contributed by atoms with Crippen LogP contribution in [0.25, 0.3) is 10.9 Å². The minimum atomic E-state index is -4.41. The number of pyridine rings is 3. The van der Waals surface area contributed by atoms with Gasteiger partial charge in [-0.15, -0.1) is 0 Å². The number of aromatic amines is 1. The van der Waals surface area contributed by atoms with E-state index in [0.29, 0.717) is 30.5 Å². The molecule has 3 heterocycles. The first-order valence-electron chi connectivity index (χ1n) is 11.2. The fraction of sp³-hybridized carbons (Fsp3) is 0.417. The molecule has 3 aromatic heterocycles. The Kier molecular flexibility index (Phi) is 6.72. The van der Waals surface area contributed by atoms with Gasteiger partial charge in [0.05, 0.1) is 18.0 Å². The molecule has 5 rings (SSSR count). The normalized spacial score (nSPS) is 22.6. The Morgan fingerprint density at radius 1 is 1.22 bits per heavy atom. The Bertz CT molecular complexity index is 1340. The van der Waals surface area contributed by atoms with Crippen LogP contribution >= 0.6 is 0 Å². The van der Waals surface area contributed by atoms with E-state index in [1.807, 2.05) is 0 Å². The summed E-state index contributed by atoms with van der Waals surface area (Å²) in [7, 11) is 1.27. The zero-order valence-corrected chi connectivity index (χ0v) is 19.1. The van der Waals surface area contributed by atoms with Crippen molar-refractivity contribution in [1.29, 1.82) is 0 Å². The smallest absolute Gasteiger partial charge is 0.433 e. The predicted octanol–water partition coefficient (Wildman–Crippen LogP) is 4.67. The molecular formula is C24H23F5N4O3. The molecular weight excluding hydrogens is 487 g/mol. The van der Waals surface area contributed by atoms with Crippen molar-refractivity contribution in [2.75, 3.05) is 7.11 Å². The van der Waals surface area contributed by atoms with E-state index in [9.17, 15) is 31.5 Å². The average Bonchev–Trinajstić information content (AvgIpc) is 3.39. The number of rotatable bonds is 3. The Morgan fingerprint density at radius 3 is 2.61 bits per heavy atom. The lowest BCUT2D eigenvalue weighted by molar-refractivity contribution is -0.141. The van der Waals surface area contributed by atoms with Crippen molar-refractivity contribution in [1.82, 2.24) is 15.0 Å². The third kappa shape index (κ3) is 5.02. The second-order valence-electron chi connectivity index (χ2n) is 8.93. The van der Waals surface area contributed by atoms with Crippen LogP contribution in [0.3, 0.4) is 0 Å². The number of H-pyrrole nitrogens is 1. The maximum Gasteiger partial charge on any atom is 0.433 e. The van der Waals surface area contributed by atoms with Crippen molar-refractivity contribution in [3.63, 3.8) is 0 Å². The van der Waals surface area contributed by atoms with Crippen LogP contribution in [0.1, 0.15) is 53.5 Å². The number of carbonyl (C=O) groups excluding carboxylic acids is 1. The first kappa shape index (κ1) is 25.5. The summed E-state index contributed by atoms with van der Waals surface area (Å²) in [5.41, 5.74) is 5.00. The second-order valence-corrected chi connectivity index (χ2v) is 8.93. The maximum absolute atomic E-state index is 13.9. The molecule has 2 fully saturated rings. The Morgan fingerprint density at radius 2 is 1.97 bits per heavy atom. The zero-order valence-electron chi connectivity index (χ0n) is 19.1. The molecule has 2 aliphatic rings. The first-order valence-corrected chi connectivity index (χ1v) is 11.2. The number of ether oxygens (including phenoxy) is 1. The number of methoxy groups -OCH3 is 1. The van der Waals surface area contributed by atoms with Gasteiger partial charge in [0.1, 0.15) is 11.4 Å². The summed E-state index contributed by atoms with van der Waals surface area (Å²) in [4.78, 5) is 34.1. The Hall–Kier alpha value is -3.57. The van der Waals surface area contributed by atoms with E-state index in [1.54, 1.807) is 6.07 Å². The number of carbonyl (C=O) groups is 1. The highest BCUT2D eigenvalue weighted by atomic mass is 19.4. The van der Waals surface area contributed by atoms with Crippen LogP contribution in [0, 0.1) is 11.8 Å². The summed E-state index contributed by atoms with van der Waals surface area (Å²) in [6.45, 7) is 0. The molecule has 0 radical (unpaired) electrons. The van der Waals surface area contributed by atoms with Crippen LogP contribution < -0.4 is 15.9 Å². The highest BCUT2D eigenvalue weighted by Gasteiger charge is 2.54. The molecule has 3 aromatic rings. The standard InChI is InChI=1S/C17H17F2N3O2.C7H6F3NO/c18-17(19)3-1-8-5-9(6-10(8)17)12-7-13(23)14-11(22-12)2-4-21-15(14)16(20)24;1-12-6-4-2-3-5(11-6)7(8,9)10/h2,4,7-10H,1,3,5-6H2,(H2,20,24)(H,22,23);2-4H,1H3. The fourth-order valence-electron chi connectivity index (χ4n) is 5.09. The molecule has 0 saturated heterocycles. The number of nitrogens with one attached hydrogen (secondary N) is 1. The average molecular weight is 510 g/mol.